The number of hydrogen-bond donors (Lipinski definition) is 2. The number of nitrogens with two attached hydrogens (primary N) is 1. The van der Waals surface area contributed by atoms with Crippen LogP contribution in [0.3, 0.4) is 0 Å². The summed E-state index contributed by atoms with van der Waals surface area (Å²) < 4.78 is 9.97. The fraction of sp³-hybridized carbons (Fsp3) is 0.417. The second-order valence-electron chi connectivity index (χ2n) is 3.47. The quantitative estimate of drug-likeness (QED) is 0.472. The van der Waals surface area contributed by atoms with Gasteiger partial charge in [-0.1, -0.05) is 12.1 Å². The van der Waals surface area contributed by atoms with Gasteiger partial charge in [0.2, 0.25) is 0 Å². The average Bonchev–Trinajstić information content (AvgIpc) is 2.37. The molecule has 1 aromatic carbocycles. The Morgan fingerprint density at radius 3 is 2.50 bits per heavy atom. The third-order valence-electron chi connectivity index (χ3n) is 2.20. The van der Waals surface area contributed by atoms with Gasteiger partial charge in [-0.25, -0.2) is 4.99 Å². The molecule has 1 aromatic rings. The van der Waals surface area contributed by atoms with Gasteiger partial charge in [0.1, 0.15) is 5.75 Å². The van der Waals surface area contributed by atoms with Crippen LogP contribution in [-0.2, 0) is 11.3 Å². The molecule has 0 aliphatic carbocycles. The lowest BCUT2D eigenvalue weighted by Gasteiger charge is -2.05. The van der Waals surface area contributed by atoms with Gasteiger partial charge >= 0.3 is 0 Å². The van der Waals surface area contributed by atoms with E-state index in [1.165, 1.54) is 0 Å². The van der Waals surface area contributed by atoms with Gasteiger partial charge in [0.15, 0.2) is 5.96 Å². The average molecular weight is 318 g/mol. The molecule has 0 aliphatic rings. The Labute approximate surface area is 118 Å². The molecule has 0 saturated heterocycles. The van der Waals surface area contributed by atoms with Crippen molar-refractivity contribution in [3.8, 4) is 5.75 Å². The molecule has 0 heterocycles. The van der Waals surface area contributed by atoms with Crippen LogP contribution in [-0.4, -0.2) is 33.3 Å². The van der Waals surface area contributed by atoms with Gasteiger partial charge in [-0.05, 0) is 17.7 Å². The smallest absolute Gasteiger partial charge is 0.188 e. The zero-order chi connectivity index (χ0) is 12.5. The highest BCUT2D eigenvalue weighted by Gasteiger charge is 1.94. The van der Waals surface area contributed by atoms with Crippen molar-refractivity contribution in [2.45, 2.75) is 6.54 Å². The van der Waals surface area contributed by atoms with Crippen LogP contribution >= 0.6 is 17.0 Å². The number of rotatable bonds is 6. The van der Waals surface area contributed by atoms with Gasteiger partial charge in [-0.15, -0.1) is 17.0 Å². The van der Waals surface area contributed by atoms with E-state index in [0.29, 0.717) is 25.7 Å². The van der Waals surface area contributed by atoms with Crippen molar-refractivity contribution in [2.75, 3.05) is 27.4 Å². The summed E-state index contributed by atoms with van der Waals surface area (Å²) in [5.41, 5.74) is 6.76. The third-order valence-corrected chi connectivity index (χ3v) is 2.20. The molecule has 0 bridgehead atoms. The molecule has 0 amide bonds. The predicted octanol–water partition coefficient (Wildman–Crippen LogP) is 1.32. The van der Waals surface area contributed by atoms with Crippen molar-refractivity contribution < 1.29 is 9.47 Å². The zero-order valence-corrected chi connectivity index (χ0v) is 12.4. The molecule has 0 unspecified atom stereocenters. The standard InChI is InChI=1S/C12H19N3O2.BrH/c1-16-8-7-14-12(13)15-9-10-3-5-11(17-2)6-4-10;/h3-6H,7-9H2,1-2H3,(H3,13,14,15);1H. The van der Waals surface area contributed by atoms with Crippen LogP contribution in [0.4, 0.5) is 0 Å². The van der Waals surface area contributed by atoms with E-state index >= 15 is 0 Å². The first kappa shape index (κ1) is 16.7. The highest BCUT2D eigenvalue weighted by atomic mass is 79.9. The number of methoxy groups -OCH3 is 2. The van der Waals surface area contributed by atoms with Crippen LogP contribution in [0.25, 0.3) is 0 Å². The number of hydrogen-bond acceptors (Lipinski definition) is 3. The van der Waals surface area contributed by atoms with Gasteiger partial charge in [-0.2, -0.15) is 0 Å². The van der Waals surface area contributed by atoms with Crippen molar-refractivity contribution in [3.05, 3.63) is 29.8 Å². The van der Waals surface area contributed by atoms with E-state index in [1.54, 1.807) is 14.2 Å². The summed E-state index contributed by atoms with van der Waals surface area (Å²) in [4.78, 5) is 4.21. The summed E-state index contributed by atoms with van der Waals surface area (Å²) in [6.07, 6.45) is 0. The zero-order valence-electron chi connectivity index (χ0n) is 10.7. The second kappa shape index (κ2) is 9.73. The highest BCUT2D eigenvalue weighted by molar-refractivity contribution is 8.93. The molecule has 0 spiro atoms. The molecule has 0 radical (unpaired) electrons. The van der Waals surface area contributed by atoms with Gasteiger partial charge in [-0.3, -0.25) is 0 Å². The first-order chi connectivity index (χ1) is 8.26. The molecule has 0 aliphatic heterocycles. The molecule has 0 fully saturated rings. The molecular weight excluding hydrogens is 298 g/mol. The molecule has 0 saturated carbocycles. The van der Waals surface area contributed by atoms with Crippen LogP contribution in [0.1, 0.15) is 5.56 Å². The fourth-order valence-corrected chi connectivity index (χ4v) is 1.24. The first-order valence-corrected chi connectivity index (χ1v) is 5.42. The largest absolute Gasteiger partial charge is 0.497 e. The summed E-state index contributed by atoms with van der Waals surface area (Å²) in [6.45, 7) is 1.82. The maximum absolute atomic E-state index is 5.68. The maximum atomic E-state index is 5.68. The summed E-state index contributed by atoms with van der Waals surface area (Å²) >= 11 is 0. The summed E-state index contributed by atoms with van der Waals surface area (Å²) in [6, 6.07) is 7.73. The molecular formula is C12H20BrN3O2. The van der Waals surface area contributed by atoms with Crippen molar-refractivity contribution in [2.24, 2.45) is 10.7 Å². The topological polar surface area (TPSA) is 68.9 Å². The molecule has 5 nitrogen and oxygen atoms in total. The summed E-state index contributed by atoms with van der Waals surface area (Å²) in [5, 5.41) is 2.95. The minimum absolute atomic E-state index is 0. The normalized spacial score (nSPS) is 10.7. The minimum Gasteiger partial charge on any atom is -0.497 e. The number of nitrogens with one attached hydrogen (secondary N) is 1. The van der Waals surface area contributed by atoms with E-state index in [-0.39, 0.29) is 17.0 Å². The Morgan fingerprint density at radius 2 is 1.94 bits per heavy atom. The van der Waals surface area contributed by atoms with Crippen LogP contribution in [0.2, 0.25) is 0 Å². The number of guanidine groups is 1. The molecule has 3 N–H and O–H groups in total. The number of nitrogens with zero attached hydrogens (tertiary/aromatic N) is 1. The number of benzene rings is 1. The summed E-state index contributed by atoms with van der Waals surface area (Å²) in [7, 11) is 3.29. The van der Waals surface area contributed by atoms with E-state index in [4.69, 9.17) is 15.2 Å². The van der Waals surface area contributed by atoms with Crippen LogP contribution in [0, 0.1) is 0 Å². The molecule has 0 atom stereocenters. The van der Waals surface area contributed by atoms with E-state index < -0.39 is 0 Å². The van der Waals surface area contributed by atoms with Gasteiger partial charge in [0.25, 0.3) is 0 Å². The number of ether oxygens (including phenoxy) is 2. The van der Waals surface area contributed by atoms with Gasteiger partial charge < -0.3 is 20.5 Å². The van der Waals surface area contributed by atoms with Crippen molar-refractivity contribution in [1.82, 2.24) is 5.32 Å². The SMILES string of the molecule is Br.COCCNC(N)=NCc1ccc(OC)cc1. The minimum atomic E-state index is 0. The number of aliphatic imine (C=N–C) groups is 1. The van der Waals surface area contributed by atoms with Crippen molar-refractivity contribution >= 4 is 22.9 Å². The Bertz CT molecular complexity index is 355. The van der Waals surface area contributed by atoms with E-state index in [0.717, 1.165) is 11.3 Å². The van der Waals surface area contributed by atoms with E-state index in [1.807, 2.05) is 24.3 Å². The molecule has 6 heteroatoms. The monoisotopic (exact) mass is 317 g/mol. The lowest BCUT2D eigenvalue weighted by Crippen LogP contribution is -2.34. The van der Waals surface area contributed by atoms with E-state index in [9.17, 15) is 0 Å². The summed E-state index contributed by atoms with van der Waals surface area (Å²) in [5.74, 6) is 1.27. The van der Waals surface area contributed by atoms with Gasteiger partial charge in [0, 0.05) is 13.7 Å². The van der Waals surface area contributed by atoms with Crippen molar-refractivity contribution in [1.29, 1.82) is 0 Å². The van der Waals surface area contributed by atoms with E-state index in [2.05, 4.69) is 10.3 Å². The molecule has 18 heavy (non-hydrogen) atoms. The van der Waals surface area contributed by atoms with Crippen molar-refractivity contribution in [3.63, 3.8) is 0 Å². The Balaban J connectivity index is 0.00000289. The number of halogens is 1. The fourth-order valence-electron chi connectivity index (χ4n) is 1.24. The Kier molecular flexibility index (Phi) is 9.04. The third kappa shape index (κ3) is 6.46. The van der Waals surface area contributed by atoms with Gasteiger partial charge in [0.05, 0.1) is 20.3 Å². The Hall–Kier alpha value is -1.27. The lowest BCUT2D eigenvalue weighted by atomic mass is 10.2. The Morgan fingerprint density at radius 1 is 1.28 bits per heavy atom. The predicted molar refractivity (Wildman–Crippen MR) is 78.5 cm³/mol. The molecule has 102 valence electrons. The second-order valence-corrected chi connectivity index (χ2v) is 3.47. The van der Waals surface area contributed by atoms with Crippen LogP contribution < -0.4 is 15.8 Å². The van der Waals surface area contributed by atoms with Crippen LogP contribution in [0.15, 0.2) is 29.3 Å². The highest BCUT2D eigenvalue weighted by Crippen LogP contribution is 2.11. The first-order valence-electron chi connectivity index (χ1n) is 5.42. The lowest BCUT2D eigenvalue weighted by molar-refractivity contribution is 0.204. The van der Waals surface area contributed by atoms with Crippen LogP contribution in [0.5, 0.6) is 5.75 Å². The molecule has 1 rings (SSSR count). The molecule has 0 aromatic heterocycles. The maximum Gasteiger partial charge on any atom is 0.188 e.